The maximum Gasteiger partial charge on any atom is 0.319 e. The Morgan fingerprint density at radius 1 is 1.48 bits per heavy atom. The number of aliphatic carboxylic acids is 1. The quantitative estimate of drug-likeness (QED) is 0.527. The summed E-state index contributed by atoms with van der Waals surface area (Å²) in [4.78, 5) is 23.4. The summed E-state index contributed by atoms with van der Waals surface area (Å²) in [6, 6.07) is 4.63. The van der Waals surface area contributed by atoms with E-state index >= 15 is 0 Å². The first-order valence-corrected chi connectivity index (χ1v) is 8.01. The summed E-state index contributed by atoms with van der Waals surface area (Å²) in [5.74, 6) is -1.04. The summed E-state index contributed by atoms with van der Waals surface area (Å²) in [6.07, 6.45) is 2.72. The van der Waals surface area contributed by atoms with Crippen molar-refractivity contribution in [1.82, 2.24) is 15.5 Å². The van der Waals surface area contributed by atoms with E-state index in [1.807, 2.05) is 0 Å². The van der Waals surface area contributed by atoms with Gasteiger partial charge in [0.05, 0.1) is 28.9 Å². The van der Waals surface area contributed by atoms with Gasteiger partial charge in [0.25, 0.3) is 0 Å². The highest BCUT2D eigenvalue weighted by molar-refractivity contribution is 14.1. The molecule has 4 N–H and O–H groups in total. The Balaban J connectivity index is 2.16. The van der Waals surface area contributed by atoms with Crippen LogP contribution < -0.4 is 10.6 Å². The van der Waals surface area contributed by atoms with E-state index in [1.54, 1.807) is 31.3 Å². The summed E-state index contributed by atoms with van der Waals surface area (Å²) in [5, 5.41) is 21.2. The maximum absolute atomic E-state index is 12.2. The average molecular weight is 449 g/mol. The molecule has 0 bridgehead atoms. The van der Waals surface area contributed by atoms with Crippen LogP contribution in [0.2, 0.25) is 5.02 Å². The van der Waals surface area contributed by atoms with Crippen molar-refractivity contribution in [2.75, 3.05) is 5.32 Å². The zero-order chi connectivity index (χ0) is 17.0. The predicted molar refractivity (Wildman–Crippen MR) is 94.5 cm³/mol. The van der Waals surface area contributed by atoms with Gasteiger partial charge >= 0.3 is 12.0 Å². The van der Waals surface area contributed by atoms with Crippen LogP contribution in [0.4, 0.5) is 10.5 Å². The lowest BCUT2D eigenvalue weighted by molar-refractivity contribution is -0.138. The van der Waals surface area contributed by atoms with Crippen LogP contribution in [0.1, 0.15) is 18.9 Å². The topological polar surface area (TPSA) is 107 Å². The molecule has 2 amide bonds. The molecule has 1 aromatic heterocycles. The number of amides is 2. The van der Waals surface area contributed by atoms with Gasteiger partial charge in [0.1, 0.15) is 0 Å². The smallest absolute Gasteiger partial charge is 0.319 e. The molecule has 1 atom stereocenters. The number of nitrogens with zero attached hydrogens (tertiary/aromatic N) is 1. The van der Waals surface area contributed by atoms with Crippen LogP contribution in [0.5, 0.6) is 0 Å². The van der Waals surface area contributed by atoms with Gasteiger partial charge in [0, 0.05) is 15.3 Å². The lowest BCUT2D eigenvalue weighted by Gasteiger charge is -2.28. The van der Waals surface area contributed by atoms with E-state index in [0.717, 1.165) is 3.57 Å². The predicted octanol–water partition coefficient (Wildman–Crippen LogP) is 3.18. The van der Waals surface area contributed by atoms with Gasteiger partial charge in [0.2, 0.25) is 0 Å². The molecule has 0 spiro atoms. The second kappa shape index (κ2) is 7.18. The zero-order valence-corrected chi connectivity index (χ0v) is 15.0. The Labute approximate surface area is 150 Å². The summed E-state index contributed by atoms with van der Waals surface area (Å²) in [5.41, 5.74) is -0.114. The van der Waals surface area contributed by atoms with Crippen molar-refractivity contribution in [3.8, 4) is 0 Å². The second-order valence-corrected chi connectivity index (χ2v) is 6.75. The molecule has 1 aromatic carbocycles. The van der Waals surface area contributed by atoms with Crippen molar-refractivity contribution in [2.45, 2.75) is 18.9 Å². The second-order valence-electron chi connectivity index (χ2n) is 5.09. The van der Waals surface area contributed by atoms with E-state index in [4.69, 9.17) is 16.7 Å². The molecular weight excluding hydrogens is 435 g/mol. The van der Waals surface area contributed by atoms with Gasteiger partial charge in [-0.3, -0.25) is 9.89 Å². The molecule has 2 rings (SSSR count). The largest absolute Gasteiger partial charge is 0.481 e. The number of hydrogen-bond donors (Lipinski definition) is 4. The third-order valence-electron chi connectivity index (χ3n) is 3.21. The third kappa shape index (κ3) is 4.58. The Morgan fingerprint density at radius 2 is 2.22 bits per heavy atom. The number of carbonyl (C=O) groups is 2. The molecule has 0 aliphatic rings. The lowest BCUT2D eigenvalue weighted by Crippen LogP contribution is -2.46. The van der Waals surface area contributed by atoms with E-state index in [-0.39, 0.29) is 6.42 Å². The first kappa shape index (κ1) is 17.5. The molecule has 0 saturated heterocycles. The molecule has 23 heavy (non-hydrogen) atoms. The van der Waals surface area contributed by atoms with E-state index in [0.29, 0.717) is 16.3 Å². The molecule has 0 saturated carbocycles. The number of hydrogen-bond acceptors (Lipinski definition) is 3. The first-order chi connectivity index (χ1) is 10.8. The number of nitrogens with one attached hydrogen (secondary N) is 3. The van der Waals surface area contributed by atoms with Gasteiger partial charge < -0.3 is 15.7 Å². The van der Waals surface area contributed by atoms with Gasteiger partial charge in [-0.2, -0.15) is 5.10 Å². The van der Waals surface area contributed by atoms with Crippen molar-refractivity contribution in [1.29, 1.82) is 0 Å². The number of halogens is 2. The molecule has 1 heterocycles. The number of H-pyrrole nitrogens is 1. The minimum atomic E-state index is -1.11. The number of rotatable bonds is 5. The highest BCUT2D eigenvalue weighted by Gasteiger charge is 2.32. The molecular formula is C14H14ClIN4O3. The number of carboxylic acid groups (broad SMARTS) is 1. The van der Waals surface area contributed by atoms with Crippen LogP contribution in [0.25, 0.3) is 0 Å². The summed E-state index contributed by atoms with van der Waals surface area (Å²) in [6.45, 7) is 1.61. The number of aromatic nitrogens is 2. The first-order valence-electron chi connectivity index (χ1n) is 6.55. The van der Waals surface area contributed by atoms with E-state index in [1.165, 1.54) is 6.20 Å². The number of carbonyl (C=O) groups excluding carboxylic acids is 1. The molecule has 0 aliphatic heterocycles. The third-order valence-corrected chi connectivity index (χ3v) is 4.19. The van der Waals surface area contributed by atoms with Crippen molar-refractivity contribution in [2.24, 2.45) is 0 Å². The van der Waals surface area contributed by atoms with Gasteiger partial charge in [-0.1, -0.05) is 11.6 Å². The van der Waals surface area contributed by atoms with Crippen molar-refractivity contribution < 1.29 is 14.7 Å². The fourth-order valence-electron chi connectivity index (χ4n) is 2.07. The van der Waals surface area contributed by atoms with Crippen molar-refractivity contribution >= 4 is 51.9 Å². The molecule has 0 radical (unpaired) electrons. The summed E-state index contributed by atoms with van der Waals surface area (Å²) >= 11 is 8.18. The van der Waals surface area contributed by atoms with E-state index in [9.17, 15) is 9.59 Å². The standard InChI is InChI=1S/C14H14ClIN4O3/c1-14(5-12(21)22,8-6-17-18-7-8)20-13(23)19-11-3-2-9(16)4-10(11)15/h2-4,6-7H,5H2,1H3,(H,17,18)(H,21,22)(H2,19,20,23). The van der Waals surface area contributed by atoms with Crippen molar-refractivity contribution in [3.63, 3.8) is 0 Å². The summed E-state index contributed by atoms with van der Waals surface area (Å²) in [7, 11) is 0. The van der Waals surface area contributed by atoms with E-state index < -0.39 is 17.5 Å². The van der Waals surface area contributed by atoms with Crippen molar-refractivity contribution in [3.05, 3.63) is 44.7 Å². The highest BCUT2D eigenvalue weighted by Crippen LogP contribution is 2.26. The van der Waals surface area contributed by atoms with Gasteiger partial charge in [0.15, 0.2) is 0 Å². The van der Waals surface area contributed by atoms with Gasteiger partial charge in [-0.25, -0.2) is 4.79 Å². The molecule has 9 heteroatoms. The average Bonchev–Trinajstić information content (AvgIpc) is 2.95. The van der Waals surface area contributed by atoms with Crippen LogP contribution in [0, 0.1) is 3.57 Å². The van der Waals surface area contributed by atoms with Crippen LogP contribution in [0.3, 0.4) is 0 Å². The summed E-state index contributed by atoms with van der Waals surface area (Å²) < 4.78 is 0.938. The van der Waals surface area contributed by atoms with Gasteiger partial charge in [-0.05, 0) is 47.7 Å². The number of aromatic amines is 1. The Morgan fingerprint density at radius 3 is 2.78 bits per heavy atom. The molecule has 2 aromatic rings. The normalized spacial score (nSPS) is 13.2. The Hall–Kier alpha value is -1.81. The molecule has 0 fully saturated rings. The number of anilines is 1. The number of carboxylic acids is 1. The molecule has 7 nitrogen and oxygen atoms in total. The van der Waals surface area contributed by atoms with E-state index in [2.05, 4.69) is 43.4 Å². The fourth-order valence-corrected chi connectivity index (χ4v) is 2.97. The SMILES string of the molecule is CC(CC(=O)O)(NC(=O)Nc1ccc(I)cc1Cl)c1cn[nH]c1. The van der Waals surface area contributed by atoms with Crippen LogP contribution >= 0.6 is 34.2 Å². The molecule has 1 unspecified atom stereocenters. The zero-order valence-electron chi connectivity index (χ0n) is 12.1. The number of benzene rings is 1. The lowest BCUT2D eigenvalue weighted by atomic mass is 9.91. The fraction of sp³-hybridized carbons (Fsp3) is 0.214. The molecule has 122 valence electrons. The van der Waals surface area contributed by atoms with Gasteiger partial charge in [-0.15, -0.1) is 0 Å². The highest BCUT2D eigenvalue weighted by atomic mass is 127. The Kier molecular flexibility index (Phi) is 5.47. The van der Waals surface area contributed by atoms with Crippen LogP contribution in [-0.2, 0) is 10.3 Å². The van der Waals surface area contributed by atoms with Crippen LogP contribution in [0.15, 0.2) is 30.6 Å². The maximum atomic E-state index is 12.2. The number of urea groups is 1. The Bertz CT molecular complexity index is 723. The van der Waals surface area contributed by atoms with Crippen LogP contribution in [-0.4, -0.2) is 27.3 Å². The minimum Gasteiger partial charge on any atom is -0.481 e. The minimum absolute atomic E-state index is 0.291. The monoisotopic (exact) mass is 448 g/mol. The molecule has 0 aliphatic carbocycles.